The second kappa shape index (κ2) is 4.49. The molecule has 0 aromatic carbocycles. The Kier molecular flexibility index (Phi) is 3.28. The summed E-state index contributed by atoms with van der Waals surface area (Å²) in [7, 11) is 0. The zero-order chi connectivity index (χ0) is 9.97. The van der Waals surface area contributed by atoms with E-state index in [2.05, 4.69) is 50.3 Å². The summed E-state index contributed by atoms with van der Waals surface area (Å²) < 4.78 is 5.21. The van der Waals surface area contributed by atoms with E-state index >= 15 is 0 Å². The predicted molar refractivity (Wildman–Crippen MR) is 61.1 cm³/mol. The Morgan fingerprint density at radius 1 is 1.07 bits per heavy atom. The quantitative estimate of drug-likeness (QED) is 0.715. The first kappa shape index (κ1) is 10.2. The van der Waals surface area contributed by atoms with E-state index in [1.54, 1.807) is 9.77 Å². The number of rotatable bonds is 2. The molecule has 0 fully saturated rings. The van der Waals surface area contributed by atoms with Gasteiger partial charge in [0.2, 0.25) is 0 Å². The van der Waals surface area contributed by atoms with Crippen LogP contribution in [0.15, 0.2) is 43.0 Å². The fourth-order valence-corrected chi connectivity index (χ4v) is 9.16. The molecule has 2 aliphatic rings. The van der Waals surface area contributed by atoms with Gasteiger partial charge in [0.25, 0.3) is 0 Å². The van der Waals surface area contributed by atoms with E-state index < -0.39 is 21.3 Å². The molecule has 0 atom stereocenters. The Morgan fingerprint density at radius 2 is 1.57 bits per heavy atom. The van der Waals surface area contributed by atoms with Crippen LogP contribution in [0.3, 0.4) is 0 Å². The molecule has 0 heterocycles. The predicted octanol–water partition coefficient (Wildman–Crippen LogP) is 3.62. The standard InChI is InChI=1S/2C5H5.C3H6.Zr.H/c2*1-2-4-5-3-1;1-3-2;;/h2*1-3H,4H2;1-2H3;;/q;;;+1;-1. The van der Waals surface area contributed by atoms with Crippen LogP contribution < -0.4 is 0 Å². The molecule has 73 valence electrons. The number of allylic oxidation sites excluding steroid dienone is 8. The zero-order valence-corrected chi connectivity index (χ0v) is 11.3. The molecule has 2 rings (SSSR count). The summed E-state index contributed by atoms with van der Waals surface area (Å²) in [4.78, 5) is 0. The molecule has 0 spiro atoms. The van der Waals surface area contributed by atoms with Gasteiger partial charge in [0, 0.05) is 0 Å². The van der Waals surface area contributed by atoms with Crippen molar-refractivity contribution in [1.82, 2.24) is 0 Å². The van der Waals surface area contributed by atoms with Crippen LogP contribution in [0.4, 0.5) is 0 Å². The van der Waals surface area contributed by atoms with E-state index in [-0.39, 0.29) is 1.43 Å². The van der Waals surface area contributed by atoms with Gasteiger partial charge in [-0.1, -0.05) is 0 Å². The van der Waals surface area contributed by atoms with Crippen molar-refractivity contribution >= 4 is 3.21 Å². The van der Waals surface area contributed by atoms with Gasteiger partial charge in [-0.2, -0.15) is 0 Å². The van der Waals surface area contributed by atoms with Gasteiger partial charge < -0.3 is 1.43 Å². The summed E-state index contributed by atoms with van der Waals surface area (Å²) in [5.74, 6) is 0. The maximum atomic E-state index is 2.36. The molecule has 2 aliphatic carbocycles. The van der Waals surface area contributed by atoms with Gasteiger partial charge in [0.1, 0.15) is 0 Å². The number of hydrogen-bond donors (Lipinski definition) is 0. The average molecular weight is 265 g/mol. The first-order chi connectivity index (χ1) is 6.79. The van der Waals surface area contributed by atoms with Crippen LogP contribution in [0, 0.1) is 0 Å². The summed E-state index contributed by atoms with van der Waals surface area (Å²) in [5.41, 5.74) is 0. The largest absolute Gasteiger partial charge is 1.00 e. The molecule has 0 radical (unpaired) electrons. The zero-order valence-electron chi connectivity index (χ0n) is 9.88. The van der Waals surface area contributed by atoms with Crippen molar-refractivity contribution in [2.75, 3.05) is 0 Å². The molecule has 1 heteroatoms. The maximum absolute atomic E-state index is 2.36. The topological polar surface area (TPSA) is 0 Å². The molecule has 0 amide bonds. The van der Waals surface area contributed by atoms with Gasteiger partial charge >= 0.3 is 94.2 Å². The van der Waals surface area contributed by atoms with Gasteiger partial charge in [0.05, 0.1) is 0 Å². The molecule has 0 bridgehead atoms. The third kappa shape index (κ3) is 2.03. The Labute approximate surface area is 95.4 Å². The van der Waals surface area contributed by atoms with Crippen LogP contribution in [0.1, 0.15) is 28.1 Å². The molecule has 0 aromatic rings. The monoisotopic (exact) mass is 263 g/mol. The Bertz CT molecular complexity index is 359. The van der Waals surface area contributed by atoms with Crippen molar-refractivity contribution in [3.8, 4) is 0 Å². The van der Waals surface area contributed by atoms with Crippen molar-refractivity contribution in [3.05, 3.63) is 43.0 Å². The van der Waals surface area contributed by atoms with E-state index in [9.17, 15) is 0 Å². The second-order valence-electron chi connectivity index (χ2n) is 4.02. The van der Waals surface area contributed by atoms with Crippen LogP contribution in [0.25, 0.3) is 0 Å². The summed E-state index contributed by atoms with van der Waals surface area (Å²) >= 11 is -1.51. The third-order valence-electron chi connectivity index (χ3n) is 2.68. The Balaban J connectivity index is 0.00000112. The van der Waals surface area contributed by atoms with Gasteiger partial charge in [0.15, 0.2) is 0 Å². The summed E-state index contributed by atoms with van der Waals surface area (Å²) in [6.07, 6.45) is 16.2. The first-order valence-electron chi connectivity index (χ1n) is 5.18. The van der Waals surface area contributed by atoms with Gasteiger partial charge in [-0.25, -0.2) is 0 Å². The van der Waals surface area contributed by atoms with E-state index in [1.807, 2.05) is 0 Å². The Hall–Kier alpha value is -0.287. The molecule has 0 unspecified atom stereocenters. The minimum absolute atomic E-state index is 0. The molecule has 0 nitrogen and oxygen atoms in total. The number of hydrogen-bond acceptors (Lipinski definition) is 0. The fraction of sp³-hybridized carbons (Fsp3) is 0.308. The van der Waals surface area contributed by atoms with Crippen molar-refractivity contribution in [1.29, 1.82) is 0 Å². The molecule has 0 saturated carbocycles. The van der Waals surface area contributed by atoms with Crippen LogP contribution in [0.5, 0.6) is 0 Å². The van der Waals surface area contributed by atoms with Crippen molar-refractivity contribution < 1.29 is 22.7 Å². The molecular weight excluding hydrogens is 247 g/mol. The van der Waals surface area contributed by atoms with E-state index in [1.165, 1.54) is 12.8 Å². The SMILES string of the molecule is C[C](C)=[Zr+]([C]1=CC=CC1)[C]1=CC=CC1.[H-]. The van der Waals surface area contributed by atoms with Crippen LogP contribution in [0.2, 0.25) is 0 Å². The van der Waals surface area contributed by atoms with Crippen LogP contribution in [-0.2, 0) is 21.3 Å². The minimum atomic E-state index is -1.51. The summed E-state index contributed by atoms with van der Waals surface area (Å²) in [5, 5.41) is 0. The fourth-order valence-electron chi connectivity index (χ4n) is 2.11. The van der Waals surface area contributed by atoms with E-state index in [0.29, 0.717) is 0 Å². The smallest absolute Gasteiger partial charge is 1.00 e. The molecule has 0 aliphatic heterocycles. The molecule has 0 N–H and O–H groups in total. The third-order valence-corrected chi connectivity index (χ3v) is 10.1. The van der Waals surface area contributed by atoms with Crippen LogP contribution in [-0.4, -0.2) is 3.21 Å². The van der Waals surface area contributed by atoms with E-state index in [4.69, 9.17) is 0 Å². The maximum Gasteiger partial charge on any atom is -1.00 e. The molecule has 0 aromatic heterocycles. The minimum Gasteiger partial charge on any atom is -1.00 e. The second-order valence-corrected chi connectivity index (χ2v) is 11.5. The van der Waals surface area contributed by atoms with Gasteiger partial charge in [-0.3, -0.25) is 0 Å². The summed E-state index contributed by atoms with van der Waals surface area (Å²) in [6.45, 7) is 4.65. The molecule has 14 heavy (non-hydrogen) atoms. The first-order valence-corrected chi connectivity index (χ1v) is 8.87. The van der Waals surface area contributed by atoms with Crippen molar-refractivity contribution in [2.45, 2.75) is 26.7 Å². The summed E-state index contributed by atoms with van der Waals surface area (Å²) in [6, 6.07) is 0. The Morgan fingerprint density at radius 3 is 1.86 bits per heavy atom. The molecular formula is C13H17Zr. The van der Waals surface area contributed by atoms with Crippen molar-refractivity contribution in [2.24, 2.45) is 0 Å². The van der Waals surface area contributed by atoms with Crippen LogP contribution >= 0.6 is 0 Å². The molecule has 0 saturated heterocycles. The normalized spacial score (nSPS) is 18.4. The average Bonchev–Trinajstić information content (AvgIpc) is 2.75. The van der Waals surface area contributed by atoms with E-state index in [0.717, 1.165) is 0 Å². The van der Waals surface area contributed by atoms with Gasteiger partial charge in [-0.05, 0) is 0 Å². The van der Waals surface area contributed by atoms with Gasteiger partial charge in [-0.15, -0.1) is 0 Å². The van der Waals surface area contributed by atoms with Crippen molar-refractivity contribution in [3.63, 3.8) is 0 Å².